The minimum Gasteiger partial charge on any atom is -0.478 e. The van der Waals surface area contributed by atoms with Gasteiger partial charge in [0.25, 0.3) is 5.91 Å². The Hall–Kier alpha value is -2.89. The van der Waals surface area contributed by atoms with Gasteiger partial charge in [0, 0.05) is 11.4 Å². The van der Waals surface area contributed by atoms with Crippen LogP contribution in [-0.2, 0) is 0 Å². The number of carbonyl (C=O) groups excluding carboxylic acids is 1. The molecule has 6 heteroatoms. The average Bonchev–Trinajstić information content (AvgIpc) is 2.40. The second-order valence-electron chi connectivity index (χ2n) is 4.52. The highest BCUT2D eigenvalue weighted by Crippen LogP contribution is 2.20. The molecule has 5 nitrogen and oxygen atoms in total. The Morgan fingerprint density at radius 1 is 1.19 bits per heavy atom. The first-order valence-electron chi connectivity index (χ1n) is 6.09. The summed E-state index contributed by atoms with van der Waals surface area (Å²) >= 11 is 0. The minimum atomic E-state index is -1.04. The van der Waals surface area contributed by atoms with Crippen LogP contribution in [-0.4, -0.2) is 17.0 Å². The zero-order valence-electron chi connectivity index (χ0n) is 11.2. The van der Waals surface area contributed by atoms with E-state index in [0.29, 0.717) is 11.3 Å². The monoisotopic (exact) mass is 288 g/mol. The summed E-state index contributed by atoms with van der Waals surface area (Å²) in [6.45, 7) is 1.68. The molecule has 0 atom stereocenters. The lowest BCUT2D eigenvalue weighted by molar-refractivity contribution is 0.0696. The van der Waals surface area contributed by atoms with Crippen molar-refractivity contribution in [3.63, 3.8) is 0 Å². The van der Waals surface area contributed by atoms with Gasteiger partial charge in [0.1, 0.15) is 5.82 Å². The van der Waals surface area contributed by atoms with Gasteiger partial charge in [0.05, 0.1) is 11.1 Å². The molecule has 4 N–H and O–H groups in total. The molecule has 108 valence electrons. The van der Waals surface area contributed by atoms with Crippen molar-refractivity contribution in [2.45, 2.75) is 6.92 Å². The van der Waals surface area contributed by atoms with Gasteiger partial charge in [-0.15, -0.1) is 0 Å². The Morgan fingerprint density at radius 2 is 1.90 bits per heavy atom. The zero-order valence-corrected chi connectivity index (χ0v) is 11.2. The van der Waals surface area contributed by atoms with Crippen molar-refractivity contribution in [2.75, 3.05) is 11.1 Å². The van der Waals surface area contributed by atoms with Crippen molar-refractivity contribution in [1.29, 1.82) is 0 Å². The van der Waals surface area contributed by atoms with Crippen LogP contribution in [0, 0.1) is 12.7 Å². The number of hydrogen-bond donors (Lipinski definition) is 3. The first-order valence-corrected chi connectivity index (χ1v) is 6.09. The lowest BCUT2D eigenvalue weighted by atomic mass is 10.1. The number of amides is 1. The molecule has 0 aliphatic heterocycles. The minimum absolute atomic E-state index is 0.0345. The second kappa shape index (κ2) is 5.62. The fourth-order valence-corrected chi connectivity index (χ4v) is 1.87. The van der Waals surface area contributed by atoms with Crippen LogP contribution in [0.3, 0.4) is 0 Å². The van der Waals surface area contributed by atoms with Crippen molar-refractivity contribution >= 4 is 23.3 Å². The molecule has 0 spiro atoms. The standard InChI is InChI=1S/C15H13FN2O3/c1-8-6-9(15(20)21)2-5-13(8)18-14(19)11-4-3-10(16)7-12(11)17/h2-7H,17H2,1H3,(H,18,19)(H,20,21). The molecule has 2 aromatic carbocycles. The van der Waals surface area contributed by atoms with Crippen molar-refractivity contribution in [1.82, 2.24) is 0 Å². The van der Waals surface area contributed by atoms with Crippen LogP contribution in [0.2, 0.25) is 0 Å². The highest BCUT2D eigenvalue weighted by molar-refractivity contribution is 6.08. The number of nitrogen functional groups attached to an aromatic ring is 1. The van der Waals surface area contributed by atoms with Crippen molar-refractivity contribution in [2.24, 2.45) is 0 Å². The van der Waals surface area contributed by atoms with Gasteiger partial charge < -0.3 is 16.2 Å². The normalized spacial score (nSPS) is 10.2. The molecule has 0 unspecified atom stereocenters. The van der Waals surface area contributed by atoms with Gasteiger partial charge in [0.2, 0.25) is 0 Å². The molecule has 2 aromatic rings. The summed E-state index contributed by atoms with van der Waals surface area (Å²) in [5.41, 5.74) is 6.98. The number of rotatable bonds is 3. The molecule has 21 heavy (non-hydrogen) atoms. The van der Waals surface area contributed by atoms with Crippen LogP contribution in [0.15, 0.2) is 36.4 Å². The molecular formula is C15H13FN2O3. The van der Waals surface area contributed by atoms with Crippen LogP contribution in [0.5, 0.6) is 0 Å². The number of carboxylic acids is 1. The Balaban J connectivity index is 2.25. The highest BCUT2D eigenvalue weighted by atomic mass is 19.1. The Kier molecular flexibility index (Phi) is 3.89. The van der Waals surface area contributed by atoms with E-state index >= 15 is 0 Å². The van der Waals surface area contributed by atoms with Gasteiger partial charge in [-0.3, -0.25) is 4.79 Å². The fourth-order valence-electron chi connectivity index (χ4n) is 1.87. The first-order chi connectivity index (χ1) is 9.88. The first kappa shape index (κ1) is 14.5. The number of hydrogen-bond acceptors (Lipinski definition) is 3. The molecule has 0 aromatic heterocycles. The number of nitrogens with two attached hydrogens (primary N) is 1. The van der Waals surface area contributed by atoms with Gasteiger partial charge in [0.15, 0.2) is 0 Å². The Morgan fingerprint density at radius 3 is 2.48 bits per heavy atom. The molecule has 2 rings (SSSR count). The highest BCUT2D eigenvalue weighted by Gasteiger charge is 2.13. The Bertz CT molecular complexity index is 729. The van der Waals surface area contributed by atoms with Crippen LogP contribution in [0.1, 0.15) is 26.3 Å². The zero-order chi connectivity index (χ0) is 15.6. The smallest absolute Gasteiger partial charge is 0.335 e. The maximum Gasteiger partial charge on any atom is 0.335 e. The van der Waals surface area contributed by atoms with E-state index in [1.807, 2.05) is 0 Å². The summed E-state index contributed by atoms with van der Waals surface area (Å²) in [5, 5.41) is 11.5. The number of carboxylic acid groups (broad SMARTS) is 1. The number of aryl methyl sites for hydroxylation is 1. The lowest BCUT2D eigenvalue weighted by Crippen LogP contribution is -2.15. The molecule has 0 saturated heterocycles. The third-order valence-electron chi connectivity index (χ3n) is 2.98. The number of nitrogens with one attached hydrogen (secondary N) is 1. The third-order valence-corrected chi connectivity index (χ3v) is 2.98. The molecule has 0 bridgehead atoms. The van der Waals surface area contributed by atoms with Crippen molar-refractivity contribution in [3.05, 3.63) is 58.9 Å². The molecule has 0 fully saturated rings. The summed E-state index contributed by atoms with van der Waals surface area (Å²) < 4.78 is 13.0. The second-order valence-corrected chi connectivity index (χ2v) is 4.52. The molecule has 0 aliphatic rings. The van der Waals surface area contributed by atoms with Crippen LogP contribution >= 0.6 is 0 Å². The largest absolute Gasteiger partial charge is 0.478 e. The topological polar surface area (TPSA) is 92.4 Å². The van der Waals surface area contributed by atoms with E-state index < -0.39 is 17.7 Å². The van der Waals surface area contributed by atoms with E-state index in [9.17, 15) is 14.0 Å². The maximum atomic E-state index is 13.0. The SMILES string of the molecule is Cc1cc(C(=O)O)ccc1NC(=O)c1ccc(F)cc1N. The molecule has 0 aliphatic carbocycles. The van der Waals surface area contributed by atoms with E-state index in [1.165, 1.54) is 24.3 Å². The van der Waals surface area contributed by atoms with Gasteiger partial charge >= 0.3 is 5.97 Å². The van der Waals surface area contributed by atoms with E-state index in [0.717, 1.165) is 12.1 Å². The molecule has 0 saturated carbocycles. The number of carbonyl (C=O) groups is 2. The van der Waals surface area contributed by atoms with Gasteiger partial charge in [-0.05, 0) is 48.9 Å². The van der Waals surface area contributed by atoms with E-state index in [4.69, 9.17) is 10.8 Å². The summed E-state index contributed by atoms with van der Waals surface area (Å²) in [4.78, 5) is 22.9. The molecular weight excluding hydrogens is 275 g/mol. The average molecular weight is 288 g/mol. The van der Waals surface area contributed by atoms with E-state index in [2.05, 4.69) is 5.32 Å². The third kappa shape index (κ3) is 3.17. The van der Waals surface area contributed by atoms with Gasteiger partial charge in [-0.2, -0.15) is 0 Å². The number of benzene rings is 2. The molecule has 0 radical (unpaired) electrons. The van der Waals surface area contributed by atoms with E-state index in [1.54, 1.807) is 6.92 Å². The maximum absolute atomic E-state index is 13.0. The number of halogens is 1. The summed E-state index contributed by atoms with van der Waals surface area (Å²) in [5.74, 6) is -2.05. The molecule has 1 amide bonds. The van der Waals surface area contributed by atoms with Crippen LogP contribution < -0.4 is 11.1 Å². The van der Waals surface area contributed by atoms with Crippen molar-refractivity contribution < 1.29 is 19.1 Å². The summed E-state index contributed by atoms with van der Waals surface area (Å²) in [7, 11) is 0. The van der Waals surface area contributed by atoms with E-state index in [-0.39, 0.29) is 16.8 Å². The van der Waals surface area contributed by atoms with Gasteiger partial charge in [-0.25, -0.2) is 9.18 Å². The Labute approximate surface area is 120 Å². The predicted molar refractivity (Wildman–Crippen MR) is 76.9 cm³/mol. The number of anilines is 2. The van der Waals surface area contributed by atoms with Crippen molar-refractivity contribution in [3.8, 4) is 0 Å². The quantitative estimate of drug-likeness (QED) is 0.757. The summed E-state index contributed by atoms with van der Waals surface area (Å²) in [6, 6.07) is 7.84. The predicted octanol–water partition coefficient (Wildman–Crippen LogP) is 2.67. The number of aromatic carboxylic acids is 1. The van der Waals surface area contributed by atoms with Crippen LogP contribution in [0.4, 0.5) is 15.8 Å². The lowest BCUT2D eigenvalue weighted by Gasteiger charge is -2.10. The summed E-state index contributed by atoms with van der Waals surface area (Å²) in [6.07, 6.45) is 0. The van der Waals surface area contributed by atoms with Crippen LogP contribution in [0.25, 0.3) is 0 Å². The van der Waals surface area contributed by atoms with Gasteiger partial charge in [-0.1, -0.05) is 0 Å². The fraction of sp³-hybridized carbons (Fsp3) is 0.0667. The molecule has 0 heterocycles.